The smallest absolute Gasteiger partial charge is 0.158 e. The Morgan fingerprint density at radius 1 is 0.917 bits per heavy atom. The maximum atomic E-state index is 11.4. The Hall–Kier alpha value is -0.920. The van der Waals surface area contributed by atoms with Crippen LogP contribution in [0.2, 0.25) is 0 Å². The molecule has 0 atom stereocenters. The number of hydrogen-bond donors (Lipinski definition) is 0. The first kappa shape index (κ1) is 7.71. The van der Waals surface area contributed by atoms with Crippen molar-refractivity contribution in [3.05, 3.63) is 11.1 Å². The molecule has 0 aromatic carbocycles. The van der Waals surface area contributed by atoms with Gasteiger partial charge in [0.2, 0.25) is 0 Å². The van der Waals surface area contributed by atoms with Crippen molar-refractivity contribution in [3.63, 3.8) is 0 Å². The molecule has 0 N–H and O–H groups in total. The van der Waals surface area contributed by atoms with Crippen molar-refractivity contribution in [2.45, 2.75) is 38.5 Å². The Kier molecular flexibility index (Phi) is 1.83. The van der Waals surface area contributed by atoms with Gasteiger partial charge in [-0.15, -0.1) is 0 Å². The van der Waals surface area contributed by atoms with Crippen LogP contribution in [0.4, 0.5) is 0 Å². The fourth-order valence-electron chi connectivity index (χ4n) is 2.06. The zero-order valence-electron chi connectivity index (χ0n) is 7.06. The molecule has 0 saturated heterocycles. The van der Waals surface area contributed by atoms with Gasteiger partial charge >= 0.3 is 0 Å². The summed E-state index contributed by atoms with van der Waals surface area (Å²) in [5.41, 5.74) is 2.13. The van der Waals surface area contributed by atoms with E-state index in [2.05, 4.69) is 0 Å². The molecule has 2 rings (SSSR count). The van der Waals surface area contributed by atoms with E-state index in [0.29, 0.717) is 37.2 Å². The molecule has 0 aromatic heterocycles. The van der Waals surface area contributed by atoms with Crippen LogP contribution in [0.5, 0.6) is 0 Å². The molecular weight excluding hydrogens is 152 g/mol. The first-order valence-corrected chi connectivity index (χ1v) is 4.53. The Morgan fingerprint density at radius 3 is 2.58 bits per heavy atom. The second-order valence-electron chi connectivity index (χ2n) is 3.57. The highest BCUT2D eigenvalue weighted by atomic mass is 16.1. The third-order valence-corrected chi connectivity index (χ3v) is 2.71. The summed E-state index contributed by atoms with van der Waals surface area (Å²) in [7, 11) is 0. The van der Waals surface area contributed by atoms with Gasteiger partial charge in [-0.25, -0.2) is 0 Å². The zero-order valence-corrected chi connectivity index (χ0v) is 7.06. The first-order chi connectivity index (χ1) is 5.77. The van der Waals surface area contributed by atoms with Gasteiger partial charge in [-0.2, -0.15) is 0 Å². The van der Waals surface area contributed by atoms with Crippen LogP contribution in [0.15, 0.2) is 11.1 Å². The van der Waals surface area contributed by atoms with Gasteiger partial charge in [0, 0.05) is 19.3 Å². The molecular formula is C10H12O2. The fraction of sp³-hybridized carbons (Fsp3) is 0.600. The molecule has 0 amide bonds. The summed E-state index contributed by atoms with van der Waals surface area (Å²) in [4.78, 5) is 22.4. The average Bonchev–Trinajstić information content (AvgIpc) is 2.04. The molecule has 0 spiro atoms. The molecule has 0 fully saturated rings. The van der Waals surface area contributed by atoms with E-state index in [4.69, 9.17) is 0 Å². The number of rotatable bonds is 0. The van der Waals surface area contributed by atoms with Crippen molar-refractivity contribution < 1.29 is 9.59 Å². The SMILES string of the molecule is O=C1CCC2=C(CCCC2=O)C1. The van der Waals surface area contributed by atoms with Crippen LogP contribution in [0.1, 0.15) is 38.5 Å². The van der Waals surface area contributed by atoms with Crippen molar-refractivity contribution in [2.75, 3.05) is 0 Å². The molecule has 0 bridgehead atoms. The van der Waals surface area contributed by atoms with Crippen molar-refractivity contribution >= 4 is 11.6 Å². The molecule has 0 unspecified atom stereocenters. The lowest BCUT2D eigenvalue weighted by atomic mass is 9.81. The number of hydrogen-bond acceptors (Lipinski definition) is 2. The lowest BCUT2D eigenvalue weighted by Gasteiger charge is -2.22. The average molecular weight is 164 g/mol. The highest BCUT2D eigenvalue weighted by Crippen LogP contribution is 2.31. The van der Waals surface area contributed by atoms with Gasteiger partial charge in [-0.1, -0.05) is 5.57 Å². The van der Waals surface area contributed by atoms with Crippen molar-refractivity contribution in [3.8, 4) is 0 Å². The van der Waals surface area contributed by atoms with Gasteiger partial charge in [0.15, 0.2) is 5.78 Å². The molecule has 2 heteroatoms. The van der Waals surface area contributed by atoms with Crippen LogP contribution in [0.3, 0.4) is 0 Å². The van der Waals surface area contributed by atoms with Gasteiger partial charge in [0.1, 0.15) is 5.78 Å². The molecule has 0 radical (unpaired) electrons. The van der Waals surface area contributed by atoms with E-state index in [1.54, 1.807) is 0 Å². The van der Waals surface area contributed by atoms with E-state index in [1.165, 1.54) is 0 Å². The van der Waals surface area contributed by atoms with E-state index < -0.39 is 0 Å². The number of carbonyl (C=O) groups is 2. The van der Waals surface area contributed by atoms with Crippen LogP contribution in [0.25, 0.3) is 0 Å². The zero-order chi connectivity index (χ0) is 8.55. The molecule has 0 aromatic rings. The van der Waals surface area contributed by atoms with Crippen molar-refractivity contribution in [1.29, 1.82) is 0 Å². The van der Waals surface area contributed by atoms with Gasteiger partial charge < -0.3 is 0 Å². The van der Waals surface area contributed by atoms with Crippen LogP contribution in [-0.4, -0.2) is 11.6 Å². The summed E-state index contributed by atoms with van der Waals surface area (Å²) in [6.07, 6.45) is 4.49. The predicted octanol–water partition coefficient (Wildman–Crippen LogP) is 1.79. The molecule has 0 aliphatic heterocycles. The Balaban J connectivity index is 2.30. The third kappa shape index (κ3) is 1.22. The second kappa shape index (κ2) is 2.85. The number of Topliss-reactive ketones (excluding diaryl/α,β-unsaturated/α-hetero) is 2. The summed E-state index contributed by atoms with van der Waals surface area (Å²) in [5, 5.41) is 0. The number of carbonyl (C=O) groups excluding carboxylic acids is 2. The van der Waals surface area contributed by atoms with Gasteiger partial charge in [0.05, 0.1) is 0 Å². The van der Waals surface area contributed by atoms with Crippen LogP contribution in [-0.2, 0) is 9.59 Å². The van der Waals surface area contributed by atoms with Crippen molar-refractivity contribution in [2.24, 2.45) is 0 Å². The topological polar surface area (TPSA) is 34.1 Å². The second-order valence-corrected chi connectivity index (χ2v) is 3.57. The highest BCUT2D eigenvalue weighted by Gasteiger charge is 2.25. The summed E-state index contributed by atoms with van der Waals surface area (Å²) in [6, 6.07) is 0. The summed E-state index contributed by atoms with van der Waals surface area (Å²) in [5.74, 6) is 0.604. The minimum Gasteiger partial charge on any atom is -0.299 e. The Bertz CT molecular complexity index is 274. The maximum absolute atomic E-state index is 11.4. The number of allylic oxidation sites excluding steroid dienone is 2. The quantitative estimate of drug-likeness (QED) is 0.547. The lowest BCUT2D eigenvalue weighted by molar-refractivity contribution is -0.119. The van der Waals surface area contributed by atoms with Crippen LogP contribution in [0, 0.1) is 0 Å². The molecule has 64 valence electrons. The molecule has 0 saturated carbocycles. The molecule has 12 heavy (non-hydrogen) atoms. The Morgan fingerprint density at radius 2 is 1.75 bits per heavy atom. The third-order valence-electron chi connectivity index (χ3n) is 2.71. The summed E-state index contributed by atoms with van der Waals surface area (Å²) >= 11 is 0. The van der Waals surface area contributed by atoms with E-state index in [9.17, 15) is 9.59 Å². The first-order valence-electron chi connectivity index (χ1n) is 4.53. The van der Waals surface area contributed by atoms with E-state index in [1.807, 2.05) is 0 Å². The molecule has 0 heterocycles. The molecule has 2 nitrogen and oxygen atoms in total. The highest BCUT2D eigenvalue weighted by molar-refractivity contribution is 6.00. The molecule has 2 aliphatic rings. The van der Waals surface area contributed by atoms with Crippen LogP contribution >= 0.6 is 0 Å². The van der Waals surface area contributed by atoms with Crippen LogP contribution < -0.4 is 0 Å². The van der Waals surface area contributed by atoms with E-state index in [0.717, 1.165) is 24.0 Å². The maximum Gasteiger partial charge on any atom is 0.158 e. The molecule has 2 aliphatic carbocycles. The predicted molar refractivity (Wildman–Crippen MR) is 44.7 cm³/mol. The standard InChI is InChI=1S/C10H12O2/c11-8-4-5-9-7(6-8)2-1-3-10(9)12/h1-6H2. The largest absolute Gasteiger partial charge is 0.299 e. The normalized spacial score (nSPS) is 24.3. The minimum absolute atomic E-state index is 0.295. The van der Waals surface area contributed by atoms with Gasteiger partial charge in [-0.3, -0.25) is 9.59 Å². The number of ketones is 2. The summed E-state index contributed by atoms with van der Waals surface area (Å²) in [6.45, 7) is 0. The monoisotopic (exact) mass is 164 g/mol. The van der Waals surface area contributed by atoms with E-state index >= 15 is 0 Å². The Labute approximate surface area is 71.6 Å². The summed E-state index contributed by atoms with van der Waals surface area (Å²) < 4.78 is 0. The van der Waals surface area contributed by atoms with E-state index in [-0.39, 0.29) is 0 Å². The van der Waals surface area contributed by atoms with Gasteiger partial charge in [0.25, 0.3) is 0 Å². The fourth-order valence-corrected chi connectivity index (χ4v) is 2.06. The van der Waals surface area contributed by atoms with Gasteiger partial charge in [-0.05, 0) is 24.8 Å². The van der Waals surface area contributed by atoms with Crippen molar-refractivity contribution in [1.82, 2.24) is 0 Å². The lowest BCUT2D eigenvalue weighted by Crippen LogP contribution is -2.19. The minimum atomic E-state index is 0.295.